The van der Waals surface area contributed by atoms with Crippen LogP contribution in [0, 0.1) is 13.8 Å². The smallest absolute Gasteiger partial charge is 0.407 e. The van der Waals surface area contributed by atoms with Crippen molar-refractivity contribution < 1.29 is 23.7 Å². The fourth-order valence-electron chi connectivity index (χ4n) is 3.88. The molecule has 0 fully saturated rings. The molecule has 0 spiro atoms. The van der Waals surface area contributed by atoms with Gasteiger partial charge < -0.3 is 30.0 Å². The first-order valence-corrected chi connectivity index (χ1v) is 12.4. The lowest BCUT2D eigenvalue weighted by Crippen LogP contribution is -2.44. The fourth-order valence-corrected chi connectivity index (χ4v) is 3.88. The molecule has 0 aromatic heterocycles. The second kappa shape index (κ2) is 12.5. The minimum atomic E-state index is -0.559. The van der Waals surface area contributed by atoms with Gasteiger partial charge in [0.2, 0.25) is 0 Å². The number of amides is 1. The summed E-state index contributed by atoms with van der Waals surface area (Å²) in [4.78, 5) is 12.1. The van der Waals surface area contributed by atoms with E-state index in [0.29, 0.717) is 19.6 Å². The molecular formula is C30H38N2O5. The second-order valence-corrected chi connectivity index (χ2v) is 10.1. The van der Waals surface area contributed by atoms with Crippen molar-refractivity contribution in [1.29, 1.82) is 0 Å². The maximum absolute atomic E-state index is 12.1. The highest BCUT2D eigenvalue weighted by atomic mass is 16.6. The van der Waals surface area contributed by atoms with Crippen LogP contribution < -0.4 is 25.3 Å². The molecule has 0 radical (unpaired) electrons. The highest BCUT2D eigenvalue weighted by Crippen LogP contribution is 2.31. The Morgan fingerprint density at radius 3 is 2.00 bits per heavy atom. The van der Waals surface area contributed by atoms with Crippen LogP contribution in [0.4, 0.5) is 4.79 Å². The maximum Gasteiger partial charge on any atom is 0.407 e. The molecule has 0 saturated carbocycles. The topological polar surface area (TPSA) is 92.0 Å². The van der Waals surface area contributed by atoms with Crippen molar-refractivity contribution in [3.63, 3.8) is 0 Å². The van der Waals surface area contributed by atoms with E-state index in [-0.39, 0.29) is 6.04 Å². The first kappa shape index (κ1) is 27.9. The molecule has 3 aromatic carbocycles. The van der Waals surface area contributed by atoms with Gasteiger partial charge >= 0.3 is 6.09 Å². The van der Waals surface area contributed by atoms with E-state index < -0.39 is 11.7 Å². The molecule has 1 atom stereocenters. The Hall–Kier alpha value is -3.71. The zero-order chi connectivity index (χ0) is 27.0. The Kier molecular flexibility index (Phi) is 9.42. The van der Waals surface area contributed by atoms with Crippen molar-refractivity contribution in [2.75, 3.05) is 13.7 Å². The van der Waals surface area contributed by atoms with Crippen LogP contribution in [-0.4, -0.2) is 31.4 Å². The van der Waals surface area contributed by atoms with Crippen molar-refractivity contribution >= 4 is 6.09 Å². The summed E-state index contributed by atoms with van der Waals surface area (Å²) in [6.45, 7) is 10.3. The number of carbonyl (C=O) groups is 1. The number of benzene rings is 3. The van der Waals surface area contributed by atoms with Gasteiger partial charge in [0.15, 0.2) is 0 Å². The molecule has 0 heterocycles. The molecule has 0 bridgehead atoms. The van der Waals surface area contributed by atoms with Gasteiger partial charge in [-0.15, -0.1) is 0 Å². The van der Waals surface area contributed by atoms with Crippen LogP contribution in [0.2, 0.25) is 0 Å². The van der Waals surface area contributed by atoms with Gasteiger partial charge in [-0.2, -0.15) is 0 Å². The number of nitrogens with two attached hydrogens (primary N) is 1. The summed E-state index contributed by atoms with van der Waals surface area (Å²) in [6, 6.07) is 19.3. The van der Waals surface area contributed by atoms with Crippen LogP contribution in [0.15, 0.2) is 60.7 Å². The van der Waals surface area contributed by atoms with Gasteiger partial charge in [-0.05, 0) is 99.7 Å². The highest BCUT2D eigenvalue weighted by molar-refractivity contribution is 5.68. The summed E-state index contributed by atoms with van der Waals surface area (Å²) in [6.07, 6.45) is 0.130. The summed E-state index contributed by atoms with van der Waals surface area (Å²) in [5.74, 6) is 3.11. The fraction of sp³-hybridized carbons (Fsp3) is 0.367. The standard InChI is InChI=1S/C30H38N2O5/c1-20-15-23(17-24(18-31)32-29(33)37-30(3,4)5)16-21(2)28(20)36-27-13-11-26(12-14-27)35-19-22-7-9-25(34-6)10-8-22/h7-16,24H,17-19,31H2,1-6H3,(H,32,33). The number of methoxy groups -OCH3 is 1. The first-order valence-electron chi connectivity index (χ1n) is 12.4. The van der Waals surface area contributed by atoms with Gasteiger partial charge in [0.1, 0.15) is 35.2 Å². The normalized spacial score (nSPS) is 12.0. The third-order valence-electron chi connectivity index (χ3n) is 5.62. The van der Waals surface area contributed by atoms with Crippen molar-refractivity contribution in [3.8, 4) is 23.0 Å². The van der Waals surface area contributed by atoms with Crippen LogP contribution in [0.5, 0.6) is 23.0 Å². The van der Waals surface area contributed by atoms with Crippen molar-refractivity contribution in [2.24, 2.45) is 5.73 Å². The Morgan fingerprint density at radius 2 is 1.46 bits per heavy atom. The molecule has 3 rings (SSSR count). The number of aryl methyl sites for hydroxylation is 2. The molecule has 0 aliphatic carbocycles. The molecule has 1 unspecified atom stereocenters. The van der Waals surface area contributed by atoms with E-state index in [1.165, 1.54) is 0 Å². The average Bonchev–Trinajstić information content (AvgIpc) is 2.84. The van der Waals surface area contributed by atoms with Crippen LogP contribution in [0.1, 0.15) is 43.0 Å². The second-order valence-electron chi connectivity index (χ2n) is 10.1. The molecule has 0 saturated heterocycles. The van der Waals surface area contributed by atoms with E-state index in [1.807, 2.05) is 83.1 Å². The van der Waals surface area contributed by atoms with E-state index in [9.17, 15) is 4.79 Å². The van der Waals surface area contributed by atoms with E-state index >= 15 is 0 Å². The molecule has 3 N–H and O–H groups in total. The van der Waals surface area contributed by atoms with Gasteiger partial charge in [0.25, 0.3) is 0 Å². The number of hydrogen-bond acceptors (Lipinski definition) is 6. The number of nitrogens with one attached hydrogen (secondary N) is 1. The minimum absolute atomic E-state index is 0.231. The predicted octanol–water partition coefficient (Wildman–Crippen LogP) is 6.08. The van der Waals surface area contributed by atoms with Crippen molar-refractivity contribution in [2.45, 2.75) is 59.3 Å². The van der Waals surface area contributed by atoms with Gasteiger partial charge in [-0.1, -0.05) is 24.3 Å². The third kappa shape index (κ3) is 8.72. The summed E-state index contributed by atoms with van der Waals surface area (Å²) < 4.78 is 22.6. The summed E-state index contributed by atoms with van der Waals surface area (Å²) in [5, 5.41) is 2.86. The van der Waals surface area contributed by atoms with E-state index in [2.05, 4.69) is 17.4 Å². The van der Waals surface area contributed by atoms with Crippen LogP contribution in [-0.2, 0) is 17.8 Å². The minimum Gasteiger partial charge on any atom is -0.497 e. The molecule has 0 aliphatic heterocycles. The SMILES string of the molecule is COc1ccc(COc2ccc(Oc3c(C)cc(CC(CN)NC(=O)OC(C)(C)C)cc3C)cc2)cc1. The maximum atomic E-state index is 12.1. The number of ether oxygens (including phenoxy) is 4. The lowest BCUT2D eigenvalue weighted by Gasteiger charge is -2.23. The third-order valence-corrected chi connectivity index (χ3v) is 5.62. The molecular weight excluding hydrogens is 468 g/mol. The molecule has 1 amide bonds. The Morgan fingerprint density at radius 1 is 0.892 bits per heavy atom. The summed E-state index contributed by atoms with van der Waals surface area (Å²) >= 11 is 0. The Labute approximate surface area is 219 Å². The predicted molar refractivity (Wildman–Crippen MR) is 146 cm³/mol. The van der Waals surface area contributed by atoms with Crippen LogP contribution >= 0.6 is 0 Å². The van der Waals surface area contributed by atoms with Crippen molar-refractivity contribution in [3.05, 3.63) is 82.9 Å². The van der Waals surface area contributed by atoms with Gasteiger partial charge in [0, 0.05) is 12.6 Å². The zero-order valence-electron chi connectivity index (χ0n) is 22.6. The molecule has 7 heteroatoms. The molecule has 37 heavy (non-hydrogen) atoms. The van der Waals surface area contributed by atoms with Gasteiger partial charge in [-0.3, -0.25) is 0 Å². The number of hydrogen-bond donors (Lipinski definition) is 2. The largest absolute Gasteiger partial charge is 0.497 e. The lowest BCUT2D eigenvalue weighted by atomic mass is 10.00. The van der Waals surface area contributed by atoms with E-state index in [4.69, 9.17) is 24.7 Å². The summed E-state index contributed by atoms with van der Waals surface area (Å²) in [5.41, 5.74) is 9.48. The average molecular weight is 507 g/mol. The van der Waals surface area contributed by atoms with E-state index in [1.54, 1.807) is 7.11 Å². The highest BCUT2D eigenvalue weighted by Gasteiger charge is 2.19. The van der Waals surface area contributed by atoms with Crippen LogP contribution in [0.3, 0.4) is 0 Å². The molecule has 198 valence electrons. The quantitative estimate of drug-likeness (QED) is 0.346. The molecule has 7 nitrogen and oxygen atoms in total. The lowest BCUT2D eigenvalue weighted by molar-refractivity contribution is 0.0506. The van der Waals surface area contributed by atoms with Gasteiger partial charge in [-0.25, -0.2) is 4.79 Å². The zero-order valence-corrected chi connectivity index (χ0v) is 22.6. The first-order chi connectivity index (χ1) is 17.6. The molecule has 0 aliphatic rings. The van der Waals surface area contributed by atoms with Gasteiger partial charge in [0.05, 0.1) is 7.11 Å². The van der Waals surface area contributed by atoms with Crippen molar-refractivity contribution in [1.82, 2.24) is 5.32 Å². The monoisotopic (exact) mass is 506 g/mol. The molecule has 3 aromatic rings. The Bertz CT molecular complexity index is 1150. The van der Waals surface area contributed by atoms with E-state index in [0.717, 1.165) is 45.3 Å². The Balaban J connectivity index is 1.59. The number of alkyl carbamates (subject to hydrolysis) is 1. The summed E-state index contributed by atoms with van der Waals surface area (Å²) in [7, 11) is 1.65. The number of rotatable bonds is 10. The number of carbonyl (C=O) groups excluding carboxylic acids is 1. The van der Waals surface area contributed by atoms with Crippen LogP contribution in [0.25, 0.3) is 0 Å².